The van der Waals surface area contributed by atoms with Crippen LogP contribution in [0.25, 0.3) is 0 Å². The van der Waals surface area contributed by atoms with E-state index in [2.05, 4.69) is 12.2 Å². The molecule has 1 atom stereocenters. The summed E-state index contributed by atoms with van der Waals surface area (Å²) in [5.74, 6) is 1.39. The Bertz CT molecular complexity index is 375. The van der Waals surface area contributed by atoms with Gasteiger partial charge in [-0.15, -0.1) is 0 Å². The molecule has 0 spiro atoms. The van der Waals surface area contributed by atoms with E-state index in [1.807, 2.05) is 38.1 Å². The Labute approximate surface area is 115 Å². The second-order valence-corrected chi connectivity index (χ2v) is 4.49. The lowest BCUT2D eigenvalue weighted by Gasteiger charge is -2.12. The van der Waals surface area contributed by atoms with E-state index in [0.717, 1.165) is 18.6 Å². The van der Waals surface area contributed by atoms with Gasteiger partial charge in [0.25, 0.3) is 5.91 Å². The fourth-order valence-electron chi connectivity index (χ4n) is 1.42. The first kappa shape index (κ1) is 15.3. The Morgan fingerprint density at radius 1 is 1.16 bits per heavy atom. The van der Waals surface area contributed by atoms with Crippen LogP contribution < -0.4 is 14.8 Å². The van der Waals surface area contributed by atoms with E-state index < -0.39 is 0 Å². The molecule has 0 fully saturated rings. The maximum Gasteiger partial charge on any atom is 0.258 e. The molecule has 0 aliphatic rings. The van der Waals surface area contributed by atoms with Gasteiger partial charge in [-0.1, -0.05) is 13.8 Å². The van der Waals surface area contributed by atoms with Gasteiger partial charge >= 0.3 is 0 Å². The Kier molecular flexibility index (Phi) is 6.79. The lowest BCUT2D eigenvalue weighted by molar-refractivity contribution is -0.123. The summed E-state index contributed by atoms with van der Waals surface area (Å²) in [6, 6.07) is 7.49. The molecule has 0 saturated heterocycles. The molecule has 1 rings (SSSR count). The molecule has 1 aromatic rings. The van der Waals surface area contributed by atoms with Crippen LogP contribution >= 0.6 is 0 Å². The highest BCUT2D eigenvalue weighted by Gasteiger charge is 2.06. The Balaban J connectivity index is 2.35. The van der Waals surface area contributed by atoms with Gasteiger partial charge in [0.1, 0.15) is 11.5 Å². The zero-order valence-corrected chi connectivity index (χ0v) is 11.9. The maximum absolute atomic E-state index is 11.5. The van der Waals surface area contributed by atoms with Crippen molar-refractivity contribution in [2.45, 2.75) is 39.7 Å². The zero-order chi connectivity index (χ0) is 14.1. The SMILES string of the molecule is CCCOc1ccc(OCC(=O)NC(C)CC)cc1. The fourth-order valence-corrected chi connectivity index (χ4v) is 1.42. The Morgan fingerprint density at radius 2 is 1.74 bits per heavy atom. The van der Waals surface area contributed by atoms with Crippen LogP contribution in [0, 0.1) is 0 Å². The number of carbonyl (C=O) groups is 1. The number of benzene rings is 1. The summed E-state index contributed by atoms with van der Waals surface area (Å²) in [5.41, 5.74) is 0. The van der Waals surface area contributed by atoms with Crippen LogP contribution in [0.1, 0.15) is 33.6 Å². The largest absolute Gasteiger partial charge is 0.494 e. The van der Waals surface area contributed by atoms with Crippen molar-refractivity contribution in [3.05, 3.63) is 24.3 Å². The monoisotopic (exact) mass is 265 g/mol. The van der Waals surface area contributed by atoms with E-state index in [1.165, 1.54) is 0 Å². The maximum atomic E-state index is 11.5. The quantitative estimate of drug-likeness (QED) is 0.786. The number of nitrogens with one attached hydrogen (secondary N) is 1. The second kappa shape index (κ2) is 8.40. The molecule has 0 radical (unpaired) electrons. The highest BCUT2D eigenvalue weighted by Crippen LogP contribution is 2.17. The first-order valence-electron chi connectivity index (χ1n) is 6.80. The van der Waals surface area contributed by atoms with E-state index in [4.69, 9.17) is 9.47 Å². The molecule has 1 unspecified atom stereocenters. The predicted molar refractivity (Wildman–Crippen MR) is 75.6 cm³/mol. The number of rotatable bonds is 8. The van der Waals surface area contributed by atoms with Gasteiger partial charge in [0.05, 0.1) is 6.61 Å². The fraction of sp³-hybridized carbons (Fsp3) is 0.533. The van der Waals surface area contributed by atoms with Gasteiger partial charge in [0, 0.05) is 6.04 Å². The van der Waals surface area contributed by atoms with E-state index in [1.54, 1.807) is 0 Å². The average molecular weight is 265 g/mol. The van der Waals surface area contributed by atoms with E-state index in [0.29, 0.717) is 12.4 Å². The third-order valence-electron chi connectivity index (χ3n) is 2.69. The van der Waals surface area contributed by atoms with E-state index in [-0.39, 0.29) is 18.6 Å². The average Bonchev–Trinajstić information content (AvgIpc) is 2.43. The van der Waals surface area contributed by atoms with Gasteiger partial charge in [-0.05, 0) is 44.0 Å². The highest BCUT2D eigenvalue weighted by atomic mass is 16.5. The van der Waals surface area contributed by atoms with Gasteiger partial charge in [0.15, 0.2) is 6.61 Å². The molecule has 0 heterocycles. The van der Waals surface area contributed by atoms with Crippen molar-refractivity contribution in [2.24, 2.45) is 0 Å². The van der Waals surface area contributed by atoms with Crippen LogP contribution in [0.5, 0.6) is 11.5 Å². The van der Waals surface area contributed by atoms with Crippen molar-refractivity contribution in [1.82, 2.24) is 5.32 Å². The van der Waals surface area contributed by atoms with Crippen LogP contribution in [0.15, 0.2) is 24.3 Å². The van der Waals surface area contributed by atoms with Gasteiger partial charge in [0.2, 0.25) is 0 Å². The number of ether oxygens (including phenoxy) is 2. The molecule has 1 N–H and O–H groups in total. The van der Waals surface area contributed by atoms with Gasteiger partial charge in [-0.25, -0.2) is 0 Å². The van der Waals surface area contributed by atoms with Crippen LogP contribution in [0.2, 0.25) is 0 Å². The summed E-state index contributed by atoms with van der Waals surface area (Å²) in [5, 5.41) is 2.85. The summed E-state index contributed by atoms with van der Waals surface area (Å²) < 4.78 is 10.9. The minimum absolute atomic E-state index is 0.0412. The molecular formula is C15H23NO3. The summed E-state index contributed by atoms with van der Waals surface area (Å²) in [4.78, 5) is 11.5. The second-order valence-electron chi connectivity index (χ2n) is 4.49. The zero-order valence-electron chi connectivity index (χ0n) is 11.9. The first-order chi connectivity index (χ1) is 9.15. The smallest absolute Gasteiger partial charge is 0.258 e. The number of carbonyl (C=O) groups excluding carboxylic acids is 1. The van der Waals surface area contributed by atoms with Crippen molar-refractivity contribution in [2.75, 3.05) is 13.2 Å². The Hall–Kier alpha value is -1.71. The van der Waals surface area contributed by atoms with Gasteiger partial charge in [-0.3, -0.25) is 4.79 Å². The molecular weight excluding hydrogens is 242 g/mol. The minimum Gasteiger partial charge on any atom is -0.494 e. The van der Waals surface area contributed by atoms with Crippen molar-refractivity contribution in [1.29, 1.82) is 0 Å². The van der Waals surface area contributed by atoms with Crippen molar-refractivity contribution >= 4 is 5.91 Å². The first-order valence-corrected chi connectivity index (χ1v) is 6.80. The van der Waals surface area contributed by atoms with Crippen LogP contribution in [-0.2, 0) is 4.79 Å². The third-order valence-corrected chi connectivity index (χ3v) is 2.69. The molecule has 19 heavy (non-hydrogen) atoms. The highest BCUT2D eigenvalue weighted by molar-refractivity contribution is 5.77. The molecule has 1 amide bonds. The van der Waals surface area contributed by atoms with Crippen LogP contribution in [0.3, 0.4) is 0 Å². The molecule has 4 nitrogen and oxygen atoms in total. The standard InChI is InChI=1S/C15H23NO3/c1-4-10-18-13-6-8-14(9-7-13)19-11-15(17)16-12(3)5-2/h6-9,12H,4-5,10-11H2,1-3H3,(H,16,17). The number of hydrogen-bond acceptors (Lipinski definition) is 3. The number of amides is 1. The molecule has 0 aliphatic heterocycles. The molecule has 1 aromatic carbocycles. The third kappa shape index (κ3) is 6.13. The summed E-state index contributed by atoms with van der Waals surface area (Å²) in [6.07, 6.45) is 1.89. The van der Waals surface area contributed by atoms with Crippen LogP contribution in [0.4, 0.5) is 0 Å². The van der Waals surface area contributed by atoms with E-state index in [9.17, 15) is 4.79 Å². The van der Waals surface area contributed by atoms with Crippen molar-refractivity contribution in [3.8, 4) is 11.5 Å². The van der Waals surface area contributed by atoms with Gasteiger partial charge < -0.3 is 14.8 Å². The number of hydrogen-bond donors (Lipinski definition) is 1. The minimum atomic E-state index is -0.0966. The molecule has 0 saturated carbocycles. The van der Waals surface area contributed by atoms with Crippen LogP contribution in [-0.4, -0.2) is 25.2 Å². The predicted octanol–water partition coefficient (Wildman–Crippen LogP) is 2.77. The van der Waals surface area contributed by atoms with Crippen molar-refractivity contribution < 1.29 is 14.3 Å². The van der Waals surface area contributed by atoms with Gasteiger partial charge in [-0.2, -0.15) is 0 Å². The van der Waals surface area contributed by atoms with Crippen molar-refractivity contribution in [3.63, 3.8) is 0 Å². The Morgan fingerprint density at radius 3 is 2.26 bits per heavy atom. The molecule has 0 bridgehead atoms. The molecule has 0 aliphatic carbocycles. The molecule has 106 valence electrons. The summed E-state index contributed by atoms with van der Waals surface area (Å²) in [6.45, 7) is 6.81. The molecule has 4 heteroatoms. The lowest BCUT2D eigenvalue weighted by Crippen LogP contribution is -2.35. The topological polar surface area (TPSA) is 47.6 Å². The van der Waals surface area contributed by atoms with E-state index >= 15 is 0 Å². The summed E-state index contributed by atoms with van der Waals surface area (Å²) >= 11 is 0. The summed E-state index contributed by atoms with van der Waals surface area (Å²) in [7, 11) is 0. The molecule has 0 aromatic heterocycles. The lowest BCUT2D eigenvalue weighted by atomic mass is 10.2. The normalized spacial score (nSPS) is 11.7.